The number of carboxylic acids is 1. The standard InChI is InChI=1S/C16H13N3O3/c1-11-6-7-15(22-9-8-16(20)21)14(10-11)19-17-12-4-2-3-5-13(12)18-19/h2-10H,1H3,(H,20,21). The van der Waals surface area contributed by atoms with E-state index in [0.29, 0.717) is 11.4 Å². The van der Waals surface area contributed by atoms with Crippen molar-refractivity contribution in [2.75, 3.05) is 0 Å². The van der Waals surface area contributed by atoms with Gasteiger partial charge in [0.15, 0.2) is 5.75 Å². The topological polar surface area (TPSA) is 77.2 Å². The van der Waals surface area contributed by atoms with Crippen molar-refractivity contribution in [1.82, 2.24) is 15.0 Å². The van der Waals surface area contributed by atoms with E-state index in [2.05, 4.69) is 10.2 Å². The van der Waals surface area contributed by atoms with Crippen LogP contribution in [0, 0.1) is 6.92 Å². The van der Waals surface area contributed by atoms with Crippen molar-refractivity contribution in [3.8, 4) is 11.4 Å². The van der Waals surface area contributed by atoms with Crippen molar-refractivity contribution in [2.45, 2.75) is 6.92 Å². The number of ether oxygens (including phenoxy) is 1. The van der Waals surface area contributed by atoms with Gasteiger partial charge in [-0.2, -0.15) is 0 Å². The van der Waals surface area contributed by atoms with E-state index in [4.69, 9.17) is 9.84 Å². The molecule has 6 nitrogen and oxygen atoms in total. The van der Waals surface area contributed by atoms with Gasteiger partial charge in [-0.1, -0.05) is 18.2 Å². The van der Waals surface area contributed by atoms with Gasteiger partial charge in [-0.3, -0.25) is 0 Å². The Morgan fingerprint density at radius 2 is 1.86 bits per heavy atom. The molecule has 0 aliphatic heterocycles. The summed E-state index contributed by atoms with van der Waals surface area (Å²) in [5.74, 6) is -0.597. The molecule has 0 saturated heterocycles. The number of nitrogens with zero attached hydrogens (tertiary/aromatic N) is 3. The van der Waals surface area contributed by atoms with Gasteiger partial charge in [0.25, 0.3) is 0 Å². The zero-order valence-electron chi connectivity index (χ0n) is 11.8. The molecular weight excluding hydrogens is 282 g/mol. The number of hydrogen-bond acceptors (Lipinski definition) is 4. The molecule has 0 radical (unpaired) electrons. The molecule has 110 valence electrons. The monoisotopic (exact) mass is 295 g/mol. The van der Waals surface area contributed by atoms with E-state index in [9.17, 15) is 4.79 Å². The highest BCUT2D eigenvalue weighted by Crippen LogP contribution is 2.24. The van der Waals surface area contributed by atoms with E-state index in [1.807, 2.05) is 43.3 Å². The molecule has 0 saturated carbocycles. The van der Waals surface area contributed by atoms with Crippen molar-refractivity contribution < 1.29 is 14.6 Å². The van der Waals surface area contributed by atoms with Crippen LogP contribution in [-0.4, -0.2) is 26.1 Å². The van der Waals surface area contributed by atoms with Gasteiger partial charge in [-0.05, 0) is 36.8 Å². The molecule has 2 aromatic carbocycles. The van der Waals surface area contributed by atoms with Gasteiger partial charge in [0.2, 0.25) is 0 Å². The first-order valence-corrected chi connectivity index (χ1v) is 6.63. The number of aryl methyl sites for hydroxylation is 1. The third kappa shape index (κ3) is 2.80. The molecule has 0 aliphatic rings. The quantitative estimate of drug-likeness (QED) is 0.591. The molecule has 0 atom stereocenters. The number of carbonyl (C=O) groups is 1. The molecule has 3 aromatic rings. The molecule has 0 fully saturated rings. The lowest BCUT2D eigenvalue weighted by Gasteiger charge is -2.08. The van der Waals surface area contributed by atoms with Crippen LogP contribution in [0.1, 0.15) is 5.56 Å². The Labute approximate surface area is 126 Å². The molecule has 22 heavy (non-hydrogen) atoms. The summed E-state index contributed by atoms with van der Waals surface area (Å²) < 4.78 is 5.39. The van der Waals surface area contributed by atoms with Crippen LogP contribution in [0.3, 0.4) is 0 Å². The fourth-order valence-corrected chi connectivity index (χ4v) is 2.02. The van der Waals surface area contributed by atoms with Crippen LogP contribution in [0.4, 0.5) is 0 Å². The van der Waals surface area contributed by atoms with Crippen molar-refractivity contribution in [2.24, 2.45) is 0 Å². The van der Waals surface area contributed by atoms with E-state index < -0.39 is 5.97 Å². The second-order valence-electron chi connectivity index (χ2n) is 4.71. The third-order valence-electron chi connectivity index (χ3n) is 3.02. The summed E-state index contributed by atoms with van der Waals surface area (Å²) >= 11 is 0. The fourth-order valence-electron chi connectivity index (χ4n) is 2.02. The Bertz CT molecular complexity index is 835. The molecule has 0 bridgehead atoms. The number of rotatable bonds is 4. The predicted molar refractivity (Wildman–Crippen MR) is 81.0 cm³/mol. The fraction of sp³-hybridized carbons (Fsp3) is 0.0625. The average Bonchev–Trinajstić information content (AvgIpc) is 2.92. The van der Waals surface area contributed by atoms with Gasteiger partial charge < -0.3 is 9.84 Å². The Morgan fingerprint density at radius 1 is 1.18 bits per heavy atom. The van der Waals surface area contributed by atoms with Crippen molar-refractivity contribution in [3.63, 3.8) is 0 Å². The first-order chi connectivity index (χ1) is 10.6. The molecule has 0 aliphatic carbocycles. The summed E-state index contributed by atoms with van der Waals surface area (Å²) in [5.41, 5.74) is 3.21. The molecule has 6 heteroatoms. The Balaban J connectivity index is 2.04. The van der Waals surface area contributed by atoms with Crippen LogP contribution in [0.25, 0.3) is 16.7 Å². The molecule has 1 heterocycles. The SMILES string of the molecule is Cc1ccc(OC=CC(=O)O)c(-n2nc3ccccc3n2)c1. The van der Waals surface area contributed by atoms with Gasteiger partial charge in [0, 0.05) is 0 Å². The van der Waals surface area contributed by atoms with E-state index in [1.165, 1.54) is 4.80 Å². The second-order valence-corrected chi connectivity index (χ2v) is 4.71. The van der Waals surface area contributed by atoms with E-state index in [0.717, 1.165) is 28.9 Å². The van der Waals surface area contributed by atoms with Crippen LogP contribution < -0.4 is 4.74 Å². The van der Waals surface area contributed by atoms with Crippen molar-refractivity contribution >= 4 is 17.0 Å². The van der Waals surface area contributed by atoms with Crippen LogP contribution in [0.15, 0.2) is 54.8 Å². The van der Waals surface area contributed by atoms with Gasteiger partial charge in [-0.15, -0.1) is 15.0 Å². The molecular formula is C16H13N3O3. The van der Waals surface area contributed by atoms with Gasteiger partial charge >= 0.3 is 5.97 Å². The highest BCUT2D eigenvalue weighted by molar-refractivity contribution is 5.79. The lowest BCUT2D eigenvalue weighted by atomic mass is 10.2. The molecule has 1 N–H and O–H groups in total. The van der Waals surface area contributed by atoms with Gasteiger partial charge in [0.1, 0.15) is 16.7 Å². The second kappa shape index (κ2) is 5.69. The Morgan fingerprint density at radius 3 is 2.50 bits per heavy atom. The Hall–Kier alpha value is -3.15. The molecule has 1 aromatic heterocycles. The summed E-state index contributed by atoms with van der Waals surface area (Å²) in [6, 6.07) is 13.0. The van der Waals surface area contributed by atoms with E-state index >= 15 is 0 Å². The van der Waals surface area contributed by atoms with Crippen molar-refractivity contribution in [1.29, 1.82) is 0 Å². The highest BCUT2D eigenvalue weighted by atomic mass is 16.5. The van der Waals surface area contributed by atoms with Gasteiger partial charge in [0.05, 0.1) is 12.3 Å². The minimum Gasteiger partial charge on any atom is -0.478 e. The van der Waals surface area contributed by atoms with Gasteiger partial charge in [-0.25, -0.2) is 4.79 Å². The zero-order chi connectivity index (χ0) is 15.5. The number of benzene rings is 2. The summed E-state index contributed by atoms with van der Waals surface area (Å²) in [5, 5.41) is 17.4. The smallest absolute Gasteiger partial charge is 0.331 e. The molecule has 0 amide bonds. The predicted octanol–water partition coefficient (Wildman–Crippen LogP) is 2.71. The number of fused-ring (bicyclic) bond motifs is 1. The molecule has 0 spiro atoms. The van der Waals surface area contributed by atoms with E-state index in [1.54, 1.807) is 6.07 Å². The molecule has 0 unspecified atom stereocenters. The summed E-state index contributed by atoms with van der Waals surface area (Å²) in [7, 11) is 0. The third-order valence-corrected chi connectivity index (χ3v) is 3.02. The first-order valence-electron chi connectivity index (χ1n) is 6.63. The maximum absolute atomic E-state index is 10.5. The number of carboxylic acid groups (broad SMARTS) is 1. The van der Waals surface area contributed by atoms with Crippen LogP contribution >= 0.6 is 0 Å². The number of aliphatic carboxylic acids is 1. The number of hydrogen-bond donors (Lipinski definition) is 1. The minimum absolute atomic E-state index is 0.475. The van der Waals surface area contributed by atoms with Crippen LogP contribution in [0.2, 0.25) is 0 Å². The van der Waals surface area contributed by atoms with Crippen LogP contribution in [-0.2, 0) is 4.79 Å². The lowest BCUT2D eigenvalue weighted by Crippen LogP contribution is -2.02. The molecule has 3 rings (SSSR count). The summed E-state index contributed by atoms with van der Waals surface area (Å²) in [6.07, 6.45) is 2.05. The zero-order valence-corrected chi connectivity index (χ0v) is 11.8. The normalized spacial score (nSPS) is 11.1. The number of aromatic nitrogens is 3. The summed E-state index contributed by atoms with van der Waals surface area (Å²) in [6.45, 7) is 1.95. The maximum atomic E-state index is 10.5. The first kappa shape index (κ1) is 13.8. The summed E-state index contributed by atoms with van der Waals surface area (Å²) in [4.78, 5) is 12.0. The largest absolute Gasteiger partial charge is 0.478 e. The minimum atomic E-state index is -1.07. The van der Waals surface area contributed by atoms with Crippen molar-refractivity contribution in [3.05, 3.63) is 60.4 Å². The average molecular weight is 295 g/mol. The lowest BCUT2D eigenvalue weighted by molar-refractivity contribution is -0.131. The Kier molecular flexibility index (Phi) is 3.57. The maximum Gasteiger partial charge on any atom is 0.331 e. The van der Waals surface area contributed by atoms with E-state index in [-0.39, 0.29) is 0 Å². The highest BCUT2D eigenvalue weighted by Gasteiger charge is 2.10. The van der Waals surface area contributed by atoms with Crippen LogP contribution in [0.5, 0.6) is 5.75 Å².